The number of nitrogens with zero attached hydrogens (tertiary/aromatic N) is 3. The molecule has 0 aliphatic heterocycles. The minimum absolute atomic E-state index is 0.348. The van der Waals surface area contributed by atoms with Gasteiger partial charge in [0.15, 0.2) is 0 Å². The van der Waals surface area contributed by atoms with Crippen LogP contribution in [0.4, 0.5) is 5.69 Å². The highest BCUT2D eigenvalue weighted by Gasteiger charge is 2.08. The van der Waals surface area contributed by atoms with E-state index >= 15 is 0 Å². The number of nitriles is 1. The number of hydrogen-bond donors (Lipinski definition) is 1. The van der Waals surface area contributed by atoms with Crippen LogP contribution in [0.1, 0.15) is 5.56 Å². The quantitative estimate of drug-likeness (QED) is 0.859. The molecule has 0 spiro atoms. The van der Waals surface area contributed by atoms with E-state index in [1.165, 1.54) is 6.33 Å². The predicted octanol–water partition coefficient (Wildman–Crippen LogP) is 2.49. The number of nitrogen functional groups attached to an aromatic ring is 1. The summed E-state index contributed by atoms with van der Waals surface area (Å²) in [6, 6.07) is 6.84. The van der Waals surface area contributed by atoms with Gasteiger partial charge in [0.25, 0.3) is 0 Å². The lowest BCUT2D eigenvalue weighted by Gasteiger charge is -2.07. The molecule has 0 aliphatic carbocycles. The fourth-order valence-corrected chi connectivity index (χ4v) is 1.51. The summed E-state index contributed by atoms with van der Waals surface area (Å²) in [5.74, 6) is 0.752. The Morgan fingerprint density at radius 1 is 1.41 bits per heavy atom. The maximum absolute atomic E-state index is 8.96. The van der Waals surface area contributed by atoms with E-state index in [4.69, 9.17) is 15.7 Å². The molecule has 6 heteroatoms. The minimum atomic E-state index is 0.348. The average Bonchev–Trinajstić information content (AvgIpc) is 2.34. The molecule has 5 nitrogen and oxygen atoms in total. The van der Waals surface area contributed by atoms with Gasteiger partial charge >= 0.3 is 0 Å². The Labute approximate surface area is 106 Å². The summed E-state index contributed by atoms with van der Waals surface area (Å²) in [5, 5.41) is 8.96. The number of hydrogen-bond acceptors (Lipinski definition) is 5. The number of aromatic nitrogens is 2. The van der Waals surface area contributed by atoms with Gasteiger partial charge in [0, 0.05) is 11.9 Å². The standard InChI is InChI=1S/C11H7BrN4O/c12-9-5-15-6-16-11(9)17-10-2-1-8(14)3-7(10)4-13/h1-3,5-6H,14H2. The van der Waals surface area contributed by atoms with Gasteiger partial charge in [0.1, 0.15) is 18.1 Å². The zero-order valence-corrected chi connectivity index (χ0v) is 10.2. The monoisotopic (exact) mass is 290 g/mol. The van der Waals surface area contributed by atoms with Gasteiger partial charge in [0.05, 0.1) is 10.0 Å². The van der Waals surface area contributed by atoms with E-state index in [1.807, 2.05) is 6.07 Å². The van der Waals surface area contributed by atoms with E-state index < -0.39 is 0 Å². The molecule has 0 saturated heterocycles. The van der Waals surface area contributed by atoms with Gasteiger partial charge in [-0.2, -0.15) is 5.26 Å². The highest BCUT2D eigenvalue weighted by Crippen LogP contribution is 2.29. The molecule has 0 amide bonds. The average molecular weight is 291 g/mol. The van der Waals surface area contributed by atoms with Crippen molar-refractivity contribution < 1.29 is 4.74 Å². The number of rotatable bonds is 2. The first-order chi connectivity index (χ1) is 8.20. The molecule has 2 N–H and O–H groups in total. The number of ether oxygens (including phenoxy) is 1. The third kappa shape index (κ3) is 2.52. The fourth-order valence-electron chi connectivity index (χ4n) is 1.20. The smallest absolute Gasteiger partial charge is 0.236 e. The van der Waals surface area contributed by atoms with Gasteiger partial charge in [-0.25, -0.2) is 9.97 Å². The molecule has 1 aromatic carbocycles. The topological polar surface area (TPSA) is 84.8 Å². The molecule has 0 atom stereocenters. The van der Waals surface area contributed by atoms with Crippen molar-refractivity contribution in [3.8, 4) is 17.7 Å². The first kappa shape index (κ1) is 11.4. The molecule has 2 aromatic rings. The maximum Gasteiger partial charge on any atom is 0.236 e. The molecule has 84 valence electrons. The lowest BCUT2D eigenvalue weighted by molar-refractivity contribution is 0.456. The molecule has 1 aromatic heterocycles. The molecule has 0 unspecified atom stereocenters. The molecule has 17 heavy (non-hydrogen) atoms. The van der Waals surface area contributed by atoms with Gasteiger partial charge in [-0.3, -0.25) is 0 Å². The fraction of sp³-hybridized carbons (Fsp3) is 0. The van der Waals surface area contributed by atoms with Gasteiger partial charge in [-0.1, -0.05) is 0 Å². The molecule has 0 saturated carbocycles. The second-order valence-corrected chi connectivity index (χ2v) is 4.00. The van der Waals surface area contributed by atoms with Crippen molar-refractivity contribution in [2.75, 3.05) is 5.73 Å². The van der Waals surface area contributed by atoms with Crippen LogP contribution in [0.3, 0.4) is 0 Å². The van der Waals surface area contributed by atoms with Crippen LogP contribution in [-0.4, -0.2) is 9.97 Å². The first-order valence-electron chi connectivity index (χ1n) is 4.63. The van der Waals surface area contributed by atoms with Crippen LogP contribution in [0.2, 0.25) is 0 Å². The zero-order chi connectivity index (χ0) is 12.3. The molecule has 0 aliphatic rings. The van der Waals surface area contributed by atoms with Crippen molar-refractivity contribution in [2.24, 2.45) is 0 Å². The molecule has 2 rings (SSSR count). The highest BCUT2D eigenvalue weighted by atomic mass is 79.9. The van der Waals surface area contributed by atoms with Crippen LogP contribution in [0.5, 0.6) is 11.6 Å². The second-order valence-electron chi connectivity index (χ2n) is 3.15. The van der Waals surface area contributed by atoms with Crippen LogP contribution in [0.25, 0.3) is 0 Å². The van der Waals surface area contributed by atoms with Crippen molar-refractivity contribution in [1.82, 2.24) is 9.97 Å². The van der Waals surface area contributed by atoms with Crippen molar-refractivity contribution in [3.63, 3.8) is 0 Å². The van der Waals surface area contributed by atoms with Gasteiger partial charge in [-0.05, 0) is 34.1 Å². The van der Waals surface area contributed by atoms with Crippen molar-refractivity contribution >= 4 is 21.6 Å². The van der Waals surface area contributed by atoms with Crippen LogP contribution in [-0.2, 0) is 0 Å². The van der Waals surface area contributed by atoms with Crippen LogP contribution >= 0.6 is 15.9 Å². The van der Waals surface area contributed by atoms with Crippen molar-refractivity contribution in [2.45, 2.75) is 0 Å². The van der Waals surface area contributed by atoms with Gasteiger partial charge < -0.3 is 10.5 Å². The Kier molecular flexibility index (Phi) is 3.21. The Morgan fingerprint density at radius 3 is 2.94 bits per heavy atom. The van der Waals surface area contributed by atoms with Crippen LogP contribution in [0, 0.1) is 11.3 Å². The van der Waals surface area contributed by atoms with E-state index in [9.17, 15) is 0 Å². The normalized spacial score (nSPS) is 9.65. The SMILES string of the molecule is N#Cc1cc(N)ccc1Oc1ncncc1Br. The summed E-state index contributed by atoms with van der Waals surface area (Å²) in [7, 11) is 0. The molecule has 0 fully saturated rings. The van der Waals surface area contributed by atoms with Crippen LogP contribution < -0.4 is 10.5 Å². The van der Waals surface area contributed by atoms with E-state index in [0.717, 1.165) is 0 Å². The Bertz CT molecular complexity index is 594. The lowest BCUT2D eigenvalue weighted by Crippen LogP contribution is -1.94. The number of anilines is 1. The van der Waals surface area contributed by atoms with E-state index in [-0.39, 0.29) is 0 Å². The maximum atomic E-state index is 8.96. The summed E-state index contributed by atoms with van der Waals surface area (Å²) >= 11 is 3.26. The number of nitrogens with two attached hydrogens (primary N) is 1. The van der Waals surface area contributed by atoms with Gasteiger partial charge in [0.2, 0.25) is 5.88 Å². The lowest BCUT2D eigenvalue weighted by atomic mass is 10.2. The number of benzene rings is 1. The summed E-state index contributed by atoms with van der Waals surface area (Å²) < 4.78 is 6.12. The summed E-state index contributed by atoms with van der Waals surface area (Å²) in [6.45, 7) is 0. The molecular weight excluding hydrogens is 284 g/mol. The van der Waals surface area contributed by atoms with E-state index in [2.05, 4.69) is 25.9 Å². The third-order valence-electron chi connectivity index (χ3n) is 1.96. The van der Waals surface area contributed by atoms with E-state index in [1.54, 1.807) is 24.4 Å². The second kappa shape index (κ2) is 4.80. The van der Waals surface area contributed by atoms with Gasteiger partial charge in [-0.15, -0.1) is 0 Å². The Balaban J connectivity index is 2.37. The Hall–Kier alpha value is -2.13. The molecule has 0 bridgehead atoms. The largest absolute Gasteiger partial charge is 0.436 e. The third-order valence-corrected chi connectivity index (χ3v) is 2.51. The minimum Gasteiger partial charge on any atom is -0.436 e. The summed E-state index contributed by atoms with van der Waals surface area (Å²) in [4.78, 5) is 7.77. The summed E-state index contributed by atoms with van der Waals surface area (Å²) in [6.07, 6.45) is 2.93. The summed E-state index contributed by atoms with van der Waals surface area (Å²) in [5.41, 5.74) is 6.45. The molecule has 0 radical (unpaired) electrons. The highest BCUT2D eigenvalue weighted by molar-refractivity contribution is 9.10. The van der Waals surface area contributed by atoms with Crippen LogP contribution in [0.15, 0.2) is 35.2 Å². The van der Waals surface area contributed by atoms with Crippen molar-refractivity contribution in [1.29, 1.82) is 5.26 Å². The molecule has 1 heterocycles. The first-order valence-corrected chi connectivity index (χ1v) is 5.43. The predicted molar refractivity (Wildman–Crippen MR) is 65.4 cm³/mol. The molecular formula is C11H7BrN4O. The zero-order valence-electron chi connectivity index (χ0n) is 8.59. The van der Waals surface area contributed by atoms with Crippen molar-refractivity contribution in [3.05, 3.63) is 40.8 Å². The van der Waals surface area contributed by atoms with E-state index in [0.29, 0.717) is 27.4 Å². The Morgan fingerprint density at radius 2 is 2.24 bits per heavy atom. The number of halogens is 1.